The summed E-state index contributed by atoms with van der Waals surface area (Å²) in [5.41, 5.74) is 4.49. The number of nitrogens with one attached hydrogen (secondary N) is 3. The molecule has 0 unspecified atom stereocenters. The Balaban J connectivity index is 1.30. The van der Waals surface area contributed by atoms with Crippen molar-refractivity contribution < 1.29 is 13.7 Å². The first-order chi connectivity index (χ1) is 21.8. The molecule has 0 radical (unpaired) electrons. The number of likely N-dealkylation sites (N-methyl/N-ethyl adjacent to an activating group) is 1. The van der Waals surface area contributed by atoms with E-state index in [4.69, 9.17) is 24.1 Å². The Morgan fingerprint density at radius 3 is 2.56 bits per heavy atom. The number of methoxy groups -OCH3 is 1. The van der Waals surface area contributed by atoms with Gasteiger partial charge in [-0.3, -0.25) is 9.97 Å². The summed E-state index contributed by atoms with van der Waals surface area (Å²) in [6, 6.07) is 7.52. The third-order valence-electron chi connectivity index (χ3n) is 7.74. The van der Waals surface area contributed by atoms with E-state index in [2.05, 4.69) is 47.4 Å². The summed E-state index contributed by atoms with van der Waals surface area (Å²) in [5, 5.41) is 8.09. The molecule has 15 heteroatoms. The van der Waals surface area contributed by atoms with Gasteiger partial charge in [-0.25, -0.2) is 4.98 Å². The second kappa shape index (κ2) is 11.5. The molecule has 5 aromatic heterocycles. The molecule has 0 aliphatic carbocycles. The highest BCUT2D eigenvalue weighted by Crippen LogP contribution is 2.42. The highest BCUT2D eigenvalue weighted by Gasteiger charge is 2.25. The van der Waals surface area contributed by atoms with Gasteiger partial charge in [-0.05, 0) is 44.6 Å². The van der Waals surface area contributed by atoms with Gasteiger partial charge in [-0.2, -0.15) is 15.0 Å². The predicted molar refractivity (Wildman–Crippen MR) is 175 cm³/mol. The van der Waals surface area contributed by atoms with E-state index in [9.17, 15) is 4.57 Å². The minimum absolute atomic E-state index is 0.296. The first-order valence-corrected chi connectivity index (χ1v) is 17.0. The maximum Gasteiger partial charge on any atom is 0.239 e. The molecule has 1 aromatic carbocycles. The van der Waals surface area contributed by atoms with Gasteiger partial charge in [0.1, 0.15) is 47.6 Å². The Kier molecular flexibility index (Phi) is 7.30. The Morgan fingerprint density at radius 1 is 0.978 bits per heavy atom. The lowest BCUT2D eigenvalue weighted by atomic mass is 10.1. The fourth-order valence-electron chi connectivity index (χ4n) is 5.53. The molecule has 1 aliphatic rings. The fourth-order valence-corrected chi connectivity index (χ4v) is 6.93. The number of H-pyrrole nitrogens is 1. The van der Waals surface area contributed by atoms with E-state index < -0.39 is 7.14 Å². The molecule has 0 saturated carbocycles. The molecule has 230 valence electrons. The first kappa shape index (κ1) is 28.7. The van der Waals surface area contributed by atoms with Crippen LogP contribution in [-0.4, -0.2) is 93.5 Å². The summed E-state index contributed by atoms with van der Waals surface area (Å²) < 4.78 is 24.6. The van der Waals surface area contributed by atoms with E-state index in [1.165, 1.54) is 6.39 Å². The minimum atomic E-state index is -2.79. The fraction of sp³-hybridized carbons (Fsp3) is 0.267. The quantitative estimate of drug-likeness (QED) is 0.204. The third-order valence-corrected chi connectivity index (χ3v) is 9.27. The number of hydrogen-bond acceptors (Lipinski definition) is 13. The van der Waals surface area contributed by atoms with Gasteiger partial charge >= 0.3 is 0 Å². The highest BCUT2D eigenvalue weighted by molar-refractivity contribution is 7.71. The van der Waals surface area contributed by atoms with Crippen LogP contribution >= 0.6 is 7.14 Å². The first-order valence-electron chi connectivity index (χ1n) is 14.4. The van der Waals surface area contributed by atoms with Crippen molar-refractivity contribution in [2.24, 2.45) is 0 Å². The monoisotopic (exact) mass is 625 g/mol. The molecule has 14 nitrogen and oxygen atoms in total. The largest absolute Gasteiger partial charge is 0.479 e. The van der Waals surface area contributed by atoms with Crippen LogP contribution in [-0.2, 0) is 4.57 Å². The molecule has 0 bridgehead atoms. The zero-order chi connectivity index (χ0) is 31.1. The van der Waals surface area contributed by atoms with Crippen LogP contribution in [0.25, 0.3) is 33.3 Å². The molecule has 1 fully saturated rings. The number of nitrogens with zero attached hydrogens (tertiary/aromatic N) is 8. The van der Waals surface area contributed by atoms with Crippen molar-refractivity contribution in [3.05, 3.63) is 55.5 Å². The van der Waals surface area contributed by atoms with Crippen LogP contribution in [0.5, 0.6) is 5.88 Å². The topological polar surface area (TPSA) is 163 Å². The number of hydrogen-bond donors (Lipinski definition) is 3. The lowest BCUT2D eigenvalue weighted by Gasteiger charge is -2.34. The number of aromatic amines is 1. The minimum Gasteiger partial charge on any atom is -0.479 e. The maximum atomic E-state index is 13.5. The normalized spacial score (nSPS) is 14.3. The van der Waals surface area contributed by atoms with Gasteiger partial charge in [0.15, 0.2) is 6.39 Å². The van der Waals surface area contributed by atoms with E-state index in [-0.39, 0.29) is 0 Å². The van der Waals surface area contributed by atoms with Crippen molar-refractivity contribution in [2.45, 2.75) is 0 Å². The Morgan fingerprint density at radius 2 is 1.80 bits per heavy atom. The smallest absolute Gasteiger partial charge is 0.239 e. The average molecular weight is 626 g/mol. The predicted octanol–water partition coefficient (Wildman–Crippen LogP) is 4.45. The Hall–Kier alpha value is -5.07. The summed E-state index contributed by atoms with van der Waals surface area (Å²) in [6.45, 7) is 6.90. The molecule has 1 saturated heterocycles. The van der Waals surface area contributed by atoms with Gasteiger partial charge in [0.2, 0.25) is 11.8 Å². The molecular weight excluding hydrogens is 593 g/mol. The molecule has 0 atom stereocenters. The summed E-state index contributed by atoms with van der Waals surface area (Å²) in [6.07, 6.45) is 8.02. The number of benzene rings is 1. The van der Waals surface area contributed by atoms with Gasteiger partial charge in [0.05, 0.1) is 29.0 Å². The number of pyridine rings is 1. The van der Waals surface area contributed by atoms with Crippen molar-refractivity contribution in [1.29, 1.82) is 0 Å². The number of rotatable bonds is 8. The lowest BCUT2D eigenvalue weighted by molar-refractivity contribution is 0.311. The number of anilines is 5. The molecule has 45 heavy (non-hydrogen) atoms. The molecular formula is C30H32N11O3P. The van der Waals surface area contributed by atoms with Gasteiger partial charge in [0.25, 0.3) is 0 Å². The van der Waals surface area contributed by atoms with Crippen LogP contribution in [0.2, 0.25) is 0 Å². The van der Waals surface area contributed by atoms with E-state index in [0.717, 1.165) is 42.9 Å². The average Bonchev–Trinajstić information content (AvgIpc) is 3.74. The summed E-state index contributed by atoms with van der Waals surface area (Å²) in [5.74, 6) is 1.95. The van der Waals surface area contributed by atoms with Gasteiger partial charge in [0, 0.05) is 50.3 Å². The van der Waals surface area contributed by atoms with Crippen molar-refractivity contribution in [3.8, 4) is 17.1 Å². The van der Waals surface area contributed by atoms with Crippen molar-refractivity contribution in [3.63, 3.8) is 0 Å². The number of aromatic nitrogens is 7. The zero-order valence-corrected chi connectivity index (χ0v) is 26.2. The third kappa shape index (κ3) is 5.54. The Bertz CT molecular complexity index is 2050. The van der Waals surface area contributed by atoms with Crippen molar-refractivity contribution in [2.75, 3.05) is 69.2 Å². The zero-order valence-electron chi connectivity index (χ0n) is 25.3. The second-order valence-corrected chi connectivity index (χ2v) is 14.4. The van der Waals surface area contributed by atoms with E-state index in [1.807, 2.05) is 24.3 Å². The second-order valence-electron chi connectivity index (χ2n) is 11.2. The van der Waals surface area contributed by atoms with E-state index in [1.54, 1.807) is 45.3 Å². The molecule has 0 amide bonds. The molecule has 7 rings (SSSR count). The number of fused-ring (bicyclic) bond motifs is 2. The van der Waals surface area contributed by atoms with Gasteiger partial charge in [-0.15, -0.1) is 0 Å². The molecule has 6 heterocycles. The summed E-state index contributed by atoms with van der Waals surface area (Å²) in [7, 11) is 0.903. The van der Waals surface area contributed by atoms with E-state index in [0.29, 0.717) is 56.7 Å². The maximum absolute atomic E-state index is 13.5. The molecule has 1 aliphatic heterocycles. The standard InChI is InChI=1S/C30H32N11O3P/c1-40-11-13-41(14-12-40)28-19(23-16-44-17-34-23)15-22(29(39-28)43-2)36-30-37-26-18(7-8-33-26)27(38-30)35-21-6-5-20-24(32-10-9-31-20)25(21)45(3,4)42/h5-10,15-17H,11-14H2,1-4H3,(H3,33,35,36,37,38). The number of piperazine rings is 1. The van der Waals surface area contributed by atoms with Crippen LogP contribution < -0.4 is 25.6 Å². The molecule has 0 spiro atoms. The summed E-state index contributed by atoms with van der Waals surface area (Å²) >= 11 is 0. The van der Waals surface area contributed by atoms with Crippen LogP contribution in [0.1, 0.15) is 0 Å². The van der Waals surface area contributed by atoms with Crippen molar-refractivity contribution >= 4 is 63.5 Å². The van der Waals surface area contributed by atoms with Crippen LogP contribution in [0.3, 0.4) is 0 Å². The lowest BCUT2D eigenvalue weighted by Crippen LogP contribution is -2.45. The van der Waals surface area contributed by atoms with Crippen LogP contribution in [0.4, 0.5) is 29.0 Å². The molecule has 6 aromatic rings. The van der Waals surface area contributed by atoms with Gasteiger partial charge < -0.3 is 39.1 Å². The Labute approximate surface area is 258 Å². The van der Waals surface area contributed by atoms with E-state index >= 15 is 0 Å². The number of ether oxygens (including phenoxy) is 1. The van der Waals surface area contributed by atoms with Gasteiger partial charge in [-0.1, -0.05) is 0 Å². The van der Waals surface area contributed by atoms with Crippen LogP contribution in [0.15, 0.2) is 59.9 Å². The highest BCUT2D eigenvalue weighted by atomic mass is 31.2. The molecule has 3 N–H and O–H groups in total. The van der Waals surface area contributed by atoms with Crippen molar-refractivity contribution in [1.82, 2.24) is 39.8 Å². The number of oxazole rings is 1. The summed E-state index contributed by atoms with van der Waals surface area (Å²) in [4.78, 5) is 35.5. The van der Waals surface area contributed by atoms with Crippen LogP contribution in [0, 0.1) is 0 Å². The SMILES string of the molecule is COc1nc(N2CCN(C)CC2)c(-c2cocn2)cc1Nc1nc(Nc2ccc3nccnc3c2P(C)(C)=O)c2cc[nH]c2n1.